The highest BCUT2D eigenvalue weighted by Gasteiger charge is 2.59. The smallest absolute Gasteiger partial charge is 0.161 e. The van der Waals surface area contributed by atoms with Crippen molar-refractivity contribution in [2.45, 2.75) is 65.2 Å². The number of carbonyl (C=O) groups is 1. The fourth-order valence-electron chi connectivity index (χ4n) is 6.69. The van der Waals surface area contributed by atoms with E-state index in [2.05, 4.69) is 19.9 Å². The van der Waals surface area contributed by atoms with E-state index in [4.69, 9.17) is 0 Å². The van der Waals surface area contributed by atoms with Crippen LogP contribution in [0.5, 0.6) is 0 Å². The largest absolute Gasteiger partial charge is 0.294 e. The Morgan fingerprint density at radius 2 is 1.90 bits per heavy atom. The Morgan fingerprint density at radius 1 is 1.05 bits per heavy atom. The lowest BCUT2D eigenvalue weighted by molar-refractivity contribution is -0.145. The van der Waals surface area contributed by atoms with Crippen LogP contribution in [-0.2, 0) is 4.79 Å². The van der Waals surface area contributed by atoms with Crippen LogP contribution in [0.4, 0.5) is 0 Å². The molecule has 4 rings (SSSR count). The van der Waals surface area contributed by atoms with E-state index in [0.29, 0.717) is 23.0 Å². The molecular formula is C19H28O. The van der Waals surface area contributed by atoms with E-state index in [1.807, 2.05) is 6.08 Å². The van der Waals surface area contributed by atoms with Gasteiger partial charge in [-0.1, -0.05) is 26.3 Å². The Balaban J connectivity index is 1.71. The molecule has 0 aromatic heterocycles. The molecule has 0 aliphatic heterocycles. The van der Waals surface area contributed by atoms with Crippen LogP contribution in [0.25, 0.3) is 0 Å². The summed E-state index contributed by atoms with van der Waals surface area (Å²) in [5.74, 6) is 3.51. The maximum Gasteiger partial charge on any atom is 0.161 e. The molecule has 0 aromatic rings. The molecule has 1 nitrogen and oxygen atoms in total. The van der Waals surface area contributed by atoms with Gasteiger partial charge in [-0.3, -0.25) is 4.79 Å². The van der Waals surface area contributed by atoms with Gasteiger partial charge >= 0.3 is 0 Å². The average molecular weight is 272 g/mol. The molecule has 110 valence electrons. The Bertz CT molecular complexity index is 464. The predicted octanol–water partition coefficient (Wildman–Crippen LogP) is 4.76. The predicted molar refractivity (Wildman–Crippen MR) is 81.3 cm³/mol. The van der Waals surface area contributed by atoms with Crippen molar-refractivity contribution in [3.63, 3.8) is 0 Å². The molecule has 0 radical (unpaired) electrons. The molecule has 4 aliphatic carbocycles. The molecule has 6 unspecified atom stereocenters. The van der Waals surface area contributed by atoms with Crippen LogP contribution in [0.15, 0.2) is 12.2 Å². The van der Waals surface area contributed by atoms with Crippen LogP contribution in [0.3, 0.4) is 0 Å². The van der Waals surface area contributed by atoms with Gasteiger partial charge in [0.1, 0.15) is 0 Å². The van der Waals surface area contributed by atoms with Crippen molar-refractivity contribution in [1.82, 2.24) is 0 Å². The molecule has 1 heteroatoms. The van der Waals surface area contributed by atoms with E-state index in [1.54, 1.807) is 0 Å². The molecule has 3 saturated carbocycles. The van der Waals surface area contributed by atoms with Gasteiger partial charge in [-0.2, -0.15) is 0 Å². The summed E-state index contributed by atoms with van der Waals surface area (Å²) in [4.78, 5) is 12.7. The van der Waals surface area contributed by atoms with Crippen molar-refractivity contribution >= 4 is 5.78 Å². The first-order valence-electron chi connectivity index (χ1n) is 8.77. The fourth-order valence-corrected chi connectivity index (χ4v) is 6.69. The zero-order valence-electron chi connectivity index (χ0n) is 13.0. The standard InChI is InChI=1S/C19H28O/c1-18-11-4-6-15(18)14-9-8-13-5-3-7-17(20)19(13,2)16(14)10-12-18/h3,7,13-16H,4-6,8-12H2,1-2H3. The van der Waals surface area contributed by atoms with Crippen molar-refractivity contribution in [2.24, 2.45) is 34.5 Å². The molecule has 0 spiro atoms. The first-order valence-corrected chi connectivity index (χ1v) is 8.77. The highest BCUT2D eigenvalue weighted by atomic mass is 16.1. The second kappa shape index (κ2) is 4.21. The molecule has 0 heterocycles. The summed E-state index contributed by atoms with van der Waals surface area (Å²) in [6.07, 6.45) is 14.9. The van der Waals surface area contributed by atoms with Gasteiger partial charge in [-0.15, -0.1) is 0 Å². The monoisotopic (exact) mass is 272 g/mol. The highest BCUT2D eigenvalue weighted by Crippen LogP contribution is 2.64. The fraction of sp³-hybridized carbons (Fsp3) is 0.842. The van der Waals surface area contributed by atoms with E-state index < -0.39 is 0 Å². The number of rotatable bonds is 0. The van der Waals surface area contributed by atoms with Crippen LogP contribution in [-0.4, -0.2) is 5.78 Å². The van der Waals surface area contributed by atoms with E-state index in [9.17, 15) is 4.79 Å². The normalized spacial score (nSPS) is 54.2. The van der Waals surface area contributed by atoms with Crippen molar-refractivity contribution in [2.75, 3.05) is 0 Å². The van der Waals surface area contributed by atoms with Crippen LogP contribution in [0, 0.1) is 34.5 Å². The highest BCUT2D eigenvalue weighted by molar-refractivity contribution is 5.96. The van der Waals surface area contributed by atoms with Gasteiger partial charge < -0.3 is 0 Å². The summed E-state index contributed by atoms with van der Waals surface area (Å²) in [5.41, 5.74) is 0.583. The second-order valence-electron chi connectivity index (χ2n) is 8.52. The molecular weight excluding hydrogens is 244 g/mol. The maximum absolute atomic E-state index is 12.7. The van der Waals surface area contributed by atoms with Crippen LogP contribution >= 0.6 is 0 Å². The molecule has 3 fully saturated rings. The quantitative estimate of drug-likeness (QED) is 0.621. The molecule has 6 atom stereocenters. The number of fused-ring (bicyclic) bond motifs is 5. The summed E-state index contributed by atoms with van der Waals surface area (Å²) in [5, 5.41) is 0. The molecule has 0 N–H and O–H groups in total. The molecule has 4 aliphatic rings. The molecule has 0 bridgehead atoms. The average Bonchev–Trinajstić information content (AvgIpc) is 2.82. The van der Waals surface area contributed by atoms with E-state index >= 15 is 0 Å². The number of hydrogen-bond donors (Lipinski definition) is 0. The van der Waals surface area contributed by atoms with Gasteiger partial charge in [0.05, 0.1) is 0 Å². The molecule has 20 heavy (non-hydrogen) atoms. The summed E-state index contributed by atoms with van der Waals surface area (Å²) in [6.45, 7) is 4.86. The third-order valence-corrected chi connectivity index (χ3v) is 7.91. The maximum atomic E-state index is 12.7. The van der Waals surface area contributed by atoms with Crippen molar-refractivity contribution in [1.29, 1.82) is 0 Å². The van der Waals surface area contributed by atoms with Gasteiger partial charge in [-0.25, -0.2) is 0 Å². The molecule has 0 saturated heterocycles. The Morgan fingerprint density at radius 3 is 2.75 bits per heavy atom. The van der Waals surface area contributed by atoms with Gasteiger partial charge in [0, 0.05) is 5.41 Å². The SMILES string of the molecule is CC12CCCC1C1CCC3CC=CC(=O)C3(C)C1CC2. The first-order chi connectivity index (χ1) is 9.56. The van der Waals surface area contributed by atoms with Crippen molar-refractivity contribution in [3.8, 4) is 0 Å². The summed E-state index contributed by atoms with van der Waals surface area (Å²) < 4.78 is 0. The van der Waals surface area contributed by atoms with Crippen molar-refractivity contribution in [3.05, 3.63) is 12.2 Å². The lowest BCUT2D eigenvalue weighted by atomic mass is 9.46. The topological polar surface area (TPSA) is 17.1 Å². The minimum absolute atomic E-state index is 0.0262. The van der Waals surface area contributed by atoms with Crippen LogP contribution in [0.1, 0.15) is 65.2 Å². The number of carbonyl (C=O) groups excluding carboxylic acids is 1. The van der Waals surface area contributed by atoms with Gasteiger partial charge in [0.2, 0.25) is 0 Å². The second-order valence-corrected chi connectivity index (χ2v) is 8.52. The minimum Gasteiger partial charge on any atom is -0.294 e. The zero-order valence-corrected chi connectivity index (χ0v) is 13.0. The molecule has 0 aromatic carbocycles. The van der Waals surface area contributed by atoms with Crippen molar-refractivity contribution < 1.29 is 4.79 Å². The summed E-state index contributed by atoms with van der Waals surface area (Å²) in [6, 6.07) is 0. The first kappa shape index (κ1) is 13.1. The Kier molecular flexibility index (Phi) is 2.76. The zero-order chi connectivity index (χ0) is 14.0. The van der Waals surface area contributed by atoms with E-state index in [0.717, 1.165) is 18.3 Å². The van der Waals surface area contributed by atoms with Gasteiger partial charge in [0.15, 0.2) is 5.78 Å². The van der Waals surface area contributed by atoms with Crippen LogP contribution < -0.4 is 0 Å². The third kappa shape index (κ3) is 1.53. The Labute approximate surface area is 123 Å². The number of ketones is 1. The van der Waals surface area contributed by atoms with Gasteiger partial charge in [-0.05, 0) is 80.1 Å². The lowest BCUT2D eigenvalue weighted by Crippen LogP contribution is -2.54. The minimum atomic E-state index is -0.0262. The molecule has 0 amide bonds. The van der Waals surface area contributed by atoms with E-state index in [-0.39, 0.29) is 5.41 Å². The lowest BCUT2D eigenvalue weighted by Gasteiger charge is -2.58. The van der Waals surface area contributed by atoms with Crippen LogP contribution in [0.2, 0.25) is 0 Å². The third-order valence-electron chi connectivity index (χ3n) is 7.91. The van der Waals surface area contributed by atoms with Gasteiger partial charge in [0.25, 0.3) is 0 Å². The number of hydrogen-bond acceptors (Lipinski definition) is 1. The Hall–Kier alpha value is -0.590. The summed E-state index contributed by atoms with van der Waals surface area (Å²) in [7, 11) is 0. The summed E-state index contributed by atoms with van der Waals surface area (Å²) >= 11 is 0. The van der Waals surface area contributed by atoms with E-state index in [1.165, 1.54) is 44.9 Å². The number of allylic oxidation sites excluding steroid dienone is 2.